The van der Waals surface area contributed by atoms with Crippen LogP contribution in [0.2, 0.25) is 0 Å². The molecule has 0 aromatic heterocycles. The lowest BCUT2D eigenvalue weighted by Crippen LogP contribution is -2.33. The molecule has 1 atom stereocenters. The predicted molar refractivity (Wildman–Crippen MR) is 84.5 cm³/mol. The number of halogens is 3. The van der Waals surface area contributed by atoms with Crippen LogP contribution in [-0.2, 0) is 25.1 Å². The molecule has 0 fully saturated rings. The maximum Gasteiger partial charge on any atom is 0.534 e. The van der Waals surface area contributed by atoms with E-state index in [4.69, 9.17) is 9.47 Å². The molecule has 1 spiro atoms. The second-order valence-electron chi connectivity index (χ2n) is 5.71. The molecule has 0 saturated heterocycles. The molecule has 6 nitrogen and oxygen atoms in total. The third-order valence-corrected chi connectivity index (χ3v) is 5.16. The van der Waals surface area contributed by atoms with Gasteiger partial charge >= 0.3 is 15.6 Å². The minimum atomic E-state index is -5.77. The van der Waals surface area contributed by atoms with Crippen LogP contribution in [0.5, 0.6) is 5.75 Å². The van der Waals surface area contributed by atoms with Gasteiger partial charge in [0.25, 0.3) is 0 Å². The van der Waals surface area contributed by atoms with E-state index in [0.29, 0.717) is 16.7 Å². The zero-order valence-electron chi connectivity index (χ0n) is 12.9. The summed E-state index contributed by atoms with van der Waals surface area (Å²) in [6, 6.07) is 3.85. The summed E-state index contributed by atoms with van der Waals surface area (Å²) in [5.74, 6) is -0.465. The average Bonchev–Trinajstić information content (AvgIpc) is 3.05. The third kappa shape index (κ3) is 2.40. The highest BCUT2D eigenvalue weighted by Crippen LogP contribution is 2.48. The van der Waals surface area contributed by atoms with E-state index in [-0.39, 0.29) is 6.61 Å². The average molecular weight is 385 g/mol. The van der Waals surface area contributed by atoms with Crippen molar-refractivity contribution < 1.29 is 35.2 Å². The number of alkyl halides is 3. The summed E-state index contributed by atoms with van der Waals surface area (Å²) in [5.41, 5.74) is -4.00. The van der Waals surface area contributed by atoms with Crippen molar-refractivity contribution >= 4 is 22.6 Å². The second-order valence-corrected chi connectivity index (χ2v) is 7.25. The van der Waals surface area contributed by atoms with Crippen LogP contribution in [0, 0.1) is 0 Å². The molecule has 1 aromatic rings. The fourth-order valence-electron chi connectivity index (χ4n) is 3.01. The van der Waals surface area contributed by atoms with Crippen molar-refractivity contribution in [3.63, 3.8) is 0 Å². The van der Waals surface area contributed by atoms with Gasteiger partial charge in [-0.25, -0.2) is 4.99 Å². The third-order valence-electron chi connectivity index (χ3n) is 4.18. The molecule has 0 radical (unpaired) electrons. The number of fused-ring (bicyclic) bond motifs is 4. The van der Waals surface area contributed by atoms with Gasteiger partial charge in [-0.05, 0) is 41.0 Å². The molecular weight excluding hydrogens is 375 g/mol. The second kappa shape index (κ2) is 5.37. The van der Waals surface area contributed by atoms with Gasteiger partial charge in [-0.2, -0.15) is 21.6 Å². The van der Waals surface area contributed by atoms with E-state index in [1.54, 1.807) is 12.2 Å². The zero-order chi connectivity index (χ0) is 18.6. The smallest absolute Gasteiger partial charge is 0.480 e. The maximum atomic E-state index is 12.6. The van der Waals surface area contributed by atoms with E-state index in [1.165, 1.54) is 31.1 Å². The maximum absolute atomic E-state index is 12.6. The van der Waals surface area contributed by atoms with Crippen molar-refractivity contribution in [1.82, 2.24) is 0 Å². The van der Waals surface area contributed by atoms with Gasteiger partial charge in [0.05, 0.1) is 12.5 Å². The summed E-state index contributed by atoms with van der Waals surface area (Å²) in [7, 11) is -5.77. The highest BCUT2D eigenvalue weighted by Gasteiger charge is 2.49. The van der Waals surface area contributed by atoms with E-state index < -0.39 is 26.9 Å². The van der Waals surface area contributed by atoms with E-state index >= 15 is 0 Å². The molecule has 2 aliphatic heterocycles. The van der Waals surface area contributed by atoms with Crippen molar-refractivity contribution in [2.75, 3.05) is 6.61 Å². The van der Waals surface area contributed by atoms with E-state index in [9.17, 15) is 21.6 Å². The fraction of sp³-hybridized carbons (Fsp3) is 0.188. The molecule has 1 aliphatic carbocycles. The molecule has 136 valence electrons. The Hall–Kier alpha value is -2.75. The minimum absolute atomic E-state index is 0.0931. The van der Waals surface area contributed by atoms with Gasteiger partial charge in [0.1, 0.15) is 12.4 Å². The first-order valence-corrected chi connectivity index (χ1v) is 8.69. The molecule has 10 heteroatoms. The van der Waals surface area contributed by atoms with Gasteiger partial charge in [0.2, 0.25) is 0 Å². The molecule has 0 saturated carbocycles. The van der Waals surface area contributed by atoms with Crippen molar-refractivity contribution in [3.05, 3.63) is 59.1 Å². The number of allylic oxidation sites excluding steroid dienone is 1. The molecule has 0 amide bonds. The Labute approximate surface area is 146 Å². The van der Waals surface area contributed by atoms with E-state index in [2.05, 4.69) is 9.18 Å². The summed E-state index contributed by atoms with van der Waals surface area (Å²) >= 11 is 0. The Balaban J connectivity index is 1.84. The highest BCUT2D eigenvalue weighted by atomic mass is 32.2. The van der Waals surface area contributed by atoms with Crippen LogP contribution in [-0.4, -0.2) is 26.9 Å². The van der Waals surface area contributed by atoms with Crippen molar-refractivity contribution in [1.29, 1.82) is 0 Å². The highest BCUT2D eigenvalue weighted by molar-refractivity contribution is 7.88. The zero-order valence-corrected chi connectivity index (χ0v) is 13.7. The molecule has 0 bridgehead atoms. The first kappa shape index (κ1) is 16.7. The van der Waals surface area contributed by atoms with E-state index in [1.807, 2.05) is 0 Å². The fourth-order valence-corrected chi connectivity index (χ4v) is 3.47. The number of ether oxygens (including phenoxy) is 2. The lowest BCUT2D eigenvalue weighted by atomic mass is 9.74. The molecule has 26 heavy (non-hydrogen) atoms. The van der Waals surface area contributed by atoms with Gasteiger partial charge in [0.15, 0.2) is 11.9 Å². The molecule has 1 unspecified atom stereocenters. The summed E-state index contributed by atoms with van der Waals surface area (Å²) in [6.45, 7) is 0.0931. The minimum Gasteiger partial charge on any atom is -0.480 e. The van der Waals surface area contributed by atoms with Crippen LogP contribution < -0.4 is 4.18 Å². The van der Waals surface area contributed by atoms with Gasteiger partial charge in [0, 0.05) is 5.57 Å². The first-order chi connectivity index (χ1) is 12.2. The lowest BCUT2D eigenvalue weighted by molar-refractivity contribution is -0.0500. The molecule has 4 rings (SSSR count). The molecular formula is C16H10F3NO5S. The first-order valence-electron chi connectivity index (χ1n) is 7.28. The number of hydrogen-bond acceptors (Lipinski definition) is 6. The SMILES string of the molecule is O=S(=O)(Oc1ccc2c(c1)C1(COC=N1)C1=COC=CC1=C2)C(F)(F)F. The Morgan fingerprint density at radius 1 is 1.27 bits per heavy atom. The van der Waals surface area contributed by atoms with Crippen molar-refractivity contribution in [3.8, 4) is 5.75 Å². The lowest BCUT2D eigenvalue weighted by Gasteiger charge is -2.34. The van der Waals surface area contributed by atoms with Gasteiger partial charge in [-0.3, -0.25) is 0 Å². The molecule has 3 aliphatic rings. The standard InChI is InChI=1S/C16H10F3NO5S/c17-16(18,19)26(21,22)25-12-2-1-10-5-11-3-4-23-7-14(11)15(13(10)6-12)8-24-9-20-15/h1-7,9H,8H2. The summed E-state index contributed by atoms with van der Waals surface area (Å²) < 4.78 is 75.0. The Morgan fingerprint density at radius 3 is 2.77 bits per heavy atom. The van der Waals surface area contributed by atoms with E-state index in [0.717, 1.165) is 11.6 Å². The number of nitrogens with zero attached hydrogens (tertiary/aromatic N) is 1. The Bertz CT molecular complexity index is 1010. The van der Waals surface area contributed by atoms with Crippen LogP contribution in [0.1, 0.15) is 11.1 Å². The number of hydrogen-bond donors (Lipinski definition) is 0. The Kier molecular flexibility index (Phi) is 3.45. The summed E-state index contributed by atoms with van der Waals surface area (Å²) in [4.78, 5) is 4.34. The predicted octanol–water partition coefficient (Wildman–Crippen LogP) is 2.99. The van der Waals surface area contributed by atoms with Crippen LogP contribution in [0.3, 0.4) is 0 Å². The quantitative estimate of drug-likeness (QED) is 0.578. The summed E-state index contributed by atoms with van der Waals surface area (Å²) in [5, 5.41) is 0. The normalized spacial score (nSPS) is 23.5. The largest absolute Gasteiger partial charge is 0.534 e. The Morgan fingerprint density at radius 2 is 2.08 bits per heavy atom. The van der Waals surface area contributed by atoms with Crippen molar-refractivity contribution in [2.45, 2.75) is 11.0 Å². The van der Waals surface area contributed by atoms with Gasteiger partial charge in [-0.1, -0.05) is 6.07 Å². The number of aliphatic imine (C=N–C) groups is 1. The monoisotopic (exact) mass is 385 g/mol. The van der Waals surface area contributed by atoms with Gasteiger partial charge in [-0.15, -0.1) is 0 Å². The van der Waals surface area contributed by atoms with Gasteiger partial charge < -0.3 is 13.7 Å². The number of benzene rings is 1. The summed E-state index contributed by atoms with van der Waals surface area (Å²) in [6.07, 6.45) is 7.72. The van der Waals surface area contributed by atoms with Crippen LogP contribution in [0.4, 0.5) is 13.2 Å². The van der Waals surface area contributed by atoms with Crippen molar-refractivity contribution in [2.24, 2.45) is 4.99 Å². The molecule has 0 N–H and O–H groups in total. The molecule has 1 aromatic carbocycles. The van der Waals surface area contributed by atoms with Crippen LogP contribution in [0.15, 0.2) is 52.9 Å². The number of rotatable bonds is 2. The van der Waals surface area contributed by atoms with Crippen LogP contribution in [0.25, 0.3) is 6.08 Å². The molecule has 2 heterocycles. The topological polar surface area (TPSA) is 74.2 Å². The van der Waals surface area contributed by atoms with Crippen LogP contribution >= 0.6 is 0 Å².